The summed E-state index contributed by atoms with van der Waals surface area (Å²) >= 11 is 0. The fourth-order valence-electron chi connectivity index (χ4n) is 1.68. The summed E-state index contributed by atoms with van der Waals surface area (Å²) in [5.41, 5.74) is 0.778. The lowest BCUT2D eigenvalue weighted by molar-refractivity contribution is -0.125. The second-order valence-corrected chi connectivity index (χ2v) is 6.01. The summed E-state index contributed by atoms with van der Waals surface area (Å²) in [6.45, 7) is 5.18. The molecule has 0 atom stereocenters. The van der Waals surface area contributed by atoms with E-state index >= 15 is 0 Å². The maximum Gasteiger partial charge on any atom is 0.246 e. The van der Waals surface area contributed by atoms with E-state index in [-0.39, 0.29) is 10.8 Å². The molecule has 0 unspecified atom stereocenters. The number of nitrogens with zero attached hydrogens (tertiary/aromatic N) is 1. The van der Waals surface area contributed by atoms with Crippen molar-refractivity contribution in [2.45, 2.75) is 18.7 Å². The number of sulfonamides is 1. The van der Waals surface area contributed by atoms with Gasteiger partial charge in [-0.1, -0.05) is 12.1 Å². The zero-order chi connectivity index (χ0) is 15.2. The standard InChI is InChI=1S/C14H20N2O3S/c1-4-16(5-2)14(17)11-8-12-6-9-13(10-7-12)20(18,19)15-3/h6-11,15H,4-5H2,1-3H3/b11-8+. The Morgan fingerprint density at radius 1 is 1.20 bits per heavy atom. The van der Waals surface area contributed by atoms with Crippen molar-refractivity contribution in [1.82, 2.24) is 9.62 Å². The van der Waals surface area contributed by atoms with Crippen LogP contribution >= 0.6 is 0 Å². The Morgan fingerprint density at radius 2 is 1.75 bits per heavy atom. The summed E-state index contributed by atoms with van der Waals surface area (Å²) < 4.78 is 25.4. The van der Waals surface area contributed by atoms with Gasteiger partial charge in [-0.3, -0.25) is 4.79 Å². The van der Waals surface area contributed by atoms with Crippen LogP contribution in [0.1, 0.15) is 19.4 Å². The lowest BCUT2D eigenvalue weighted by Gasteiger charge is -2.15. The molecule has 6 heteroatoms. The normalized spacial score (nSPS) is 11.8. The summed E-state index contributed by atoms with van der Waals surface area (Å²) in [5.74, 6) is -0.0538. The average molecular weight is 296 g/mol. The Morgan fingerprint density at radius 3 is 2.20 bits per heavy atom. The fourth-order valence-corrected chi connectivity index (χ4v) is 2.41. The maximum atomic E-state index is 11.8. The Bertz CT molecular complexity index is 573. The number of nitrogens with one attached hydrogen (secondary N) is 1. The van der Waals surface area contributed by atoms with Crippen LogP contribution in [0.15, 0.2) is 35.2 Å². The molecule has 1 aromatic carbocycles. The summed E-state index contributed by atoms with van der Waals surface area (Å²) in [4.78, 5) is 13.7. The first-order valence-corrected chi connectivity index (χ1v) is 7.93. The third-order valence-corrected chi connectivity index (χ3v) is 4.38. The molecule has 1 rings (SSSR count). The number of benzene rings is 1. The summed E-state index contributed by atoms with van der Waals surface area (Å²) in [6.07, 6.45) is 3.17. The first-order chi connectivity index (χ1) is 9.44. The van der Waals surface area contributed by atoms with Crippen LogP contribution in [-0.4, -0.2) is 39.4 Å². The van der Waals surface area contributed by atoms with Crippen LogP contribution < -0.4 is 4.72 Å². The van der Waals surface area contributed by atoms with Crippen molar-refractivity contribution >= 4 is 22.0 Å². The maximum absolute atomic E-state index is 11.8. The molecule has 20 heavy (non-hydrogen) atoms. The zero-order valence-corrected chi connectivity index (χ0v) is 12.8. The van der Waals surface area contributed by atoms with Gasteiger partial charge in [-0.15, -0.1) is 0 Å². The molecule has 1 amide bonds. The number of rotatable bonds is 6. The fraction of sp³-hybridized carbons (Fsp3) is 0.357. The van der Waals surface area contributed by atoms with E-state index in [1.165, 1.54) is 25.3 Å². The molecule has 110 valence electrons. The van der Waals surface area contributed by atoms with E-state index in [4.69, 9.17) is 0 Å². The Hall–Kier alpha value is -1.66. The minimum Gasteiger partial charge on any atom is -0.340 e. The van der Waals surface area contributed by atoms with Crippen molar-refractivity contribution in [3.05, 3.63) is 35.9 Å². The van der Waals surface area contributed by atoms with Gasteiger partial charge < -0.3 is 4.90 Å². The van der Waals surface area contributed by atoms with E-state index in [1.807, 2.05) is 13.8 Å². The third kappa shape index (κ3) is 4.18. The summed E-state index contributed by atoms with van der Waals surface area (Å²) in [7, 11) is -2.05. The highest BCUT2D eigenvalue weighted by atomic mass is 32.2. The van der Waals surface area contributed by atoms with Crippen molar-refractivity contribution in [2.75, 3.05) is 20.1 Å². The van der Waals surface area contributed by atoms with Gasteiger partial charge in [0.1, 0.15) is 0 Å². The monoisotopic (exact) mass is 296 g/mol. The number of carbonyl (C=O) groups excluding carboxylic acids is 1. The Labute approximate surface area is 120 Å². The van der Waals surface area contributed by atoms with Crippen LogP contribution in [0.25, 0.3) is 6.08 Å². The molecule has 0 saturated heterocycles. The molecule has 0 saturated carbocycles. The van der Waals surface area contributed by atoms with Crippen LogP contribution in [0.4, 0.5) is 0 Å². The Balaban J connectivity index is 2.83. The molecule has 0 aromatic heterocycles. The third-order valence-electron chi connectivity index (χ3n) is 2.95. The van der Waals surface area contributed by atoms with Gasteiger partial charge in [-0.25, -0.2) is 13.1 Å². The molecule has 0 fully saturated rings. The minimum absolute atomic E-state index is 0.0538. The number of hydrogen-bond acceptors (Lipinski definition) is 3. The van der Waals surface area contributed by atoms with Crippen molar-refractivity contribution < 1.29 is 13.2 Å². The van der Waals surface area contributed by atoms with Crippen LogP contribution in [-0.2, 0) is 14.8 Å². The van der Waals surface area contributed by atoms with E-state index < -0.39 is 10.0 Å². The van der Waals surface area contributed by atoms with E-state index in [0.29, 0.717) is 13.1 Å². The lowest BCUT2D eigenvalue weighted by atomic mass is 10.2. The van der Waals surface area contributed by atoms with E-state index in [9.17, 15) is 13.2 Å². The van der Waals surface area contributed by atoms with Gasteiger partial charge in [0.25, 0.3) is 0 Å². The first-order valence-electron chi connectivity index (χ1n) is 6.45. The molecule has 1 aromatic rings. The molecular formula is C14H20N2O3S. The number of likely N-dealkylation sites (N-methyl/N-ethyl adjacent to an activating group) is 1. The van der Waals surface area contributed by atoms with E-state index in [2.05, 4.69) is 4.72 Å². The van der Waals surface area contributed by atoms with Crippen molar-refractivity contribution in [2.24, 2.45) is 0 Å². The average Bonchev–Trinajstić information content (AvgIpc) is 2.47. The molecule has 0 aliphatic rings. The smallest absolute Gasteiger partial charge is 0.246 e. The van der Waals surface area contributed by atoms with Crippen LogP contribution in [0.2, 0.25) is 0 Å². The molecule has 0 aliphatic heterocycles. The number of hydrogen-bond donors (Lipinski definition) is 1. The van der Waals surface area contributed by atoms with Gasteiger partial charge >= 0.3 is 0 Å². The molecule has 0 bridgehead atoms. The van der Waals surface area contributed by atoms with Gasteiger partial charge in [0.15, 0.2) is 0 Å². The van der Waals surface area contributed by atoms with Crippen molar-refractivity contribution in [1.29, 1.82) is 0 Å². The lowest BCUT2D eigenvalue weighted by Crippen LogP contribution is -2.28. The molecule has 0 heterocycles. The molecular weight excluding hydrogens is 276 g/mol. The predicted octanol–water partition coefficient (Wildman–Crippen LogP) is 1.48. The minimum atomic E-state index is -3.42. The van der Waals surface area contributed by atoms with Crippen LogP contribution in [0.5, 0.6) is 0 Å². The highest BCUT2D eigenvalue weighted by Gasteiger charge is 2.10. The zero-order valence-electron chi connectivity index (χ0n) is 12.0. The largest absolute Gasteiger partial charge is 0.340 e. The molecule has 5 nitrogen and oxygen atoms in total. The topological polar surface area (TPSA) is 66.5 Å². The SMILES string of the molecule is CCN(CC)C(=O)/C=C/c1ccc(S(=O)(=O)NC)cc1. The molecule has 1 N–H and O–H groups in total. The summed E-state index contributed by atoms with van der Waals surface area (Å²) in [6, 6.07) is 6.34. The van der Waals surface area contributed by atoms with Gasteiger partial charge in [-0.2, -0.15) is 0 Å². The van der Waals surface area contributed by atoms with E-state index in [0.717, 1.165) is 5.56 Å². The predicted molar refractivity (Wildman–Crippen MR) is 79.6 cm³/mol. The molecule has 0 radical (unpaired) electrons. The summed E-state index contributed by atoms with van der Waals surface area (Å²) in [5, 5.41) is 0. The highest BCUT2D eigenvalue weighted by Crippen LogP contribution is 2.11. The quantitative estimate of drug-likeness (QED) is 0.809. The number of carbonyl (C=O) groups is 1. The highest BCUT2D eigenvalue weighted by molar-refractivity contribution is 7.89. The van der Waals surface area contributed by atoms with Crippen LogP contribution in [0.3, 0.4) is 0 Å². The van der Waals surface area contributed by atoms with E-state index in [1.54, 1.807) is 23.1 Å². The van der Waals surface area contributed by atoms with Gasteiger partial charge in [0.2, 0.25) is 15.9 Å². The Kier molecular flexibility index (Phi) is 5.91. The first kappa shape index (κ1) is 16.4. The number of amides is 1. The second kappa shape index (κ2) is 7.21. The molecule has 0 spiro atoms. The van der Waals surface area contributed by atoms with Gasteiger partial charge in [0, 0.05) is 19.2 Å². The van der Waals surface area contributed by atoms with Crippen molar-refractivity contribution in [3.63, 3.8) is 0 Å². The second-order valence-electron chi connectivity index (χ2n) is 4.12. The van der Waals surface area contributed by atoms with Crippen molar-refractivity contribution in [3.8, 4) is 0 Å². The van der Waals surface area contributed by atoms with Gasteiger partial charge in [-0.05, 0) is 44.7 Å². The molecule has 0 aliphatic carbocycles. The van der Waals surface area contributed by atoms with Crippen LogP contribution in [0, 0.1) is 0 Å². The van der Waals surface area contributed by atoms with Gasteiger partial charge in [0.05, 0.1) is 4.90 Å².